The van der Waals surface area contributed by atoms with Crippen LogP contribution in [-0.4, -0.2) is 18.1 Å². The van der Waals surface area contributed by atoms with Crippen LogP contribution < -0.4 is 5.32 Å². The Labute approximate surface area is 142 Å². The summed E-state index contributed by atoms with van der Waals surface area (Å²) in [4.78, 5) is 12.8. The first kappa shape index (κ1) is 16.5. The first-order valence-corrected chi connectivity index (χ1v) is 9.18. The standard InChI is InChI=1S/C19H25NO2S/c1-11(2)16-9-14(20-13(4)21)10-17(22-16)19-12(3)15-7-5-6-8-18(15)23-19/h5-8,11,14,16-17H,9-10H2,1-4H3,(H,20,21)/t14-,16-,17+/m1/s1. The summed E-state index contributed by atoms with van der Waals surface area (Å²) < 4.78 is 7.73. The fourth-order valence-electron chi connectivity index (χ4n) is 3.46. The molecule has 0 saturated carbocycles. The largest absolute Gasteiger partial charge is 0.369 e. The molecule has 1 fully saturated rings. The monoisotopic (exact) mass is 331 g/mol. The Hall–Kier alpha value is -1.39. The Balaban J connectivity index is 1.92. The van der Waals surface area contributed by atoms with Gasteiger partial charge in [-0.1, -0.05) is 32.0 Å². The average Bonchev–Trinajstić information content (AvgIpc) is 2.84. The van der Waals surface area contributed by atoms with E-state index < -0.39 is 0 Å². The van der Waals surface area contributed by atoms with Gasteiger partial charge in [-0.05, 0) is 42.7 Å². The second-order valence-corrected chi connectivity index (χ2v) is 7.95. The van der Waals surface area contributed by atoms with E-state index in [-0.39, 0.29) is 24.2 Å². The minimum atomic E-state index is 0.0474. The minimum Gasteiger partial charge on any atom is -0.369 e. The van der Waals surface area contributed by atoms with Crippen LogP contribution >= 0.6 is 11.3 Å². The highest BCUT2D eigenvalue weighted by atomic mass is 32.1. The second kappa shape index (κ2) is 6.62. The molecule has 1 aromatic carbocycles. The van der Waals surface area contributed by atoms with Crippen molar-refractivity contribution < 1.29 is 9.53 Å². The molecule has 0 aliphatic carbocycles. The number of aryl methyl sites for hydroxylation is 1. The van der Waals surface area contributed by atoms with Gasteiger partial charge in [0.05, 0.1) is 12.2 Å². The normalized spacial score (nSPS) is 25.0. The van der Waals surface area contributed by atoms with Gasteiger partial charge in [0.25, 0.3) is 0 Å². The molecule has 1 amide bonds. The summed E-state index contributed by atoms with van der Waals surface area (Å²) in [6.45, 7) is 8.16. The van der Waals surface area contributed by atoms with Crippen LogP contribution in [-0.2, 0) is 9.53 Å². The molecule has 1 saturated heterocycles. The van der Waals surface area contributed by atoms with Crippen molar-refractivity contribution in [3.8, 4) is 0 Å². The summed E-state index contributed by atoms with van der Waals surface area (Å²) in [6, 6.07) is 8.72. The van der Waals surface area contributed by atoms with E-state index in [0.717, 1.165) is 12.8 Å². The Morgan fingerprint density at radius 2 is 2.04 bits per heavy atom. The maximum Gasteiger partial charge on any atom is 0.217 e. The highest BCUT2D eigenvalue weighted by molar-refractivity contribution is 7.19. The summed E-state index contributed by atoms with van der Waals surface area (Å²) in [5, 5.41) is 4.42. The number of benzene rings is 1. The van der Waals surface area contributed by atoms with Gasteiger partial charge in [0, 0.05) is 22.5 Å². The van der Waals surface area contributed by atoms with E-state index in [1.165, 1.54) is 20.5 Å². The number of carbonyl (C=O) groups excluding carboxylic acids is 1. The molecule has 0 bridgehead atoms. The molecular formula is C19H25NO2S. The lowest BCUT2D eigenvalue weighted by Gasteiger charge is -2.37. The lowest BCUT2D eigenvalue weighted by atomic mass is 9.91. The minimum absolute atomic E-state index is 0.0474. The van der Waals surface area contributed by atoms with Crippen LogP contribution in [0.15, 0.2) is 24.3 Å². The third kappa shape index (κ3) is 3.43. The van der Waals surface area contributed by atoms with Crippen molar-refractivity contribution in [2.24, 2.45) is 5.92 Å². The molecule has 4 heteroatoms. The number of nitrogens with one attached hydrogen (secondary N) is 1. The van der Waals surface area contributed by atoms with Crippen molar-refractivity contribution in [3.63, 3.8) is 0 Å². The van der Waals surface area contributed by atoms with Gasteiger partial charge < -0.3 is 10.1 Å². The van der Waals surface area contributed by atoms with Crippen LogP contribution in [0.1, 0.15) is 50.2 Å². The zero-order valence-corrected chi connectivity index (χ0v) is 15.1. The van der Waals surface area contributed by atoms with Gasteiger partial charge in [-0.15, -0.1) is 11.3 Å². The number of amides is 1. The molecule has 3 atom stereocenters. The zero-order chi connectivity index (χ0) is 16.6. The van der Waals surface area contributed by atoms with Crippen LogP contribution in [0.3, 0.4) is 0 Å². The van der Waals surface area contributed by atoms with E-state index in [1.54, 1.807) is 6.92 Å². The Kier molecular flexibility index (Phi) is 4.74. The molecule has 3 rings (SSSR count). The molecule has 23 heavy (non-hydrogen) atoms. The SMILES string of the molecule is CC(=O)N[C@H]1C[C@@H](c2sc3ccccc3c2C)O[C@@H](C(C)C)C1. The van der Waals surface area contributed by atoms with E-state index in [0.29, 0.717) is 5.92 Å². The van der Waals surface area contributed by atoms with Crippen LogP contribution in [0.5, 0.6) is 0 Å². The van der Waals surface area contributed by atoms with Crippen molar-refractivity contribution in [1.82, 2.24) is 5.32 Å². The van der Waals surface area contributed by atoms with Crippen molar-refractivity contribution in [3.05, 3.63) is 34.7 Å². The first-order chi connectivity index (χ1) is 11.0. The van der Waals surface area contributed by atoms with Gasteiger partial charge in [-0.2, -0.15) is 0 Å². The van der Waals surface area contributed by atoms with Crippen molar-refractivity contribution in [2.75, 3.05) is 0 Å². The lowest BCUT2D eigenvalue weighted by Crippen LogP contribution is -2.43. The summed E-state index contributed by atoms with van der Waals surface area (Å²) in [6.07, 6.45) is 2.02. The Morgan fingerprint density at radius 1 is 1.30 bits per heavy atom. The summed E-state index contributed by atoms with van der Waals surface area (Å²) in [5.74, 6) is 0.495. The maximum atomic E-state index is 11.5. The van der Waals surface area contributed by atoms with Gasteiger partial charge in [0.1, 0.15) is 0 Å². The van der Waals surface area contributed by atoms with Crippen LogP contribution in [0.25, 0.3) is 10.1 Å². The molecule has 2 heterocycles. The van der Waals surface area contributed by atoms with Gasteiger partial charge in [0.2, 0.25) is 5.91 Å². The number of hydrogen-bond acceptors (Lipinski definition) is 3. The van der Waals surface area contributed by atoms with Crippen LogP contribution in [0, 0.1) is 12.8 Å². The summed E-state index contributed by atoms with van der Waals surface area (Å²) in [5.41, 5.74) is 1.32. The molecule has 3 nitrogen and oxygen atoms in total. The highest BCUT2D eigenvalue weighted by Crippen LogP contribution is 2.42. The van der Waals surface area contributed by atoms with E-state index >= 15 is 0 Å². The van der Waals surface area contributed by atoms with Crippen LogP contribution in [0.2, 0.25) is 0 Å². The molecule has 0 radical (unpaired) electrons. The quantitative estimate of drug-likeness (QED) is 0.893. The Morgan fingerprint density at radius 3 is 2.70 bits per heavy atom. The van der Waals surface area contributed by atoms with Gasteiger partial charge in [0.15, 0.2) is 0 Å². The molecule has 1 N–H and O–H groups in total. The summed E-state index contributed by atoms with van der Waals surface area (Å²) >= 11 is 1.83. The maximum absolute atomic E-state index is 11.5. The number of rotatable bonds is 3. The molecule has 0 spiro atoms. The average molecular weight is 331 g/mol. The zero-order valence-electron chi connectivity index (χ0n) is 14.3. The topological polar surface area (TPSA) is 38.3 Å². The number of thiophene rings is 1. The molecule has 124 valence electrons. The number of hydrogen-bond donors (Lipinski definition) is 1. The number of fused-ring (bicyclic) bond motifs is 1. The smallest absolute Gasteiger partial charge is 0.217 e. The lowest BCUT2D eigenvalue weighted by molar-refractivity contribution is -0.123. The predicted octanol–water partition coefficient (Wildman–Crippen LogP) is 4.59. The van der Waals surface area contributed by atoms with Gasteiger partial charge in [-0.25, -0.2) is 0 Å². The van der Waals surface area contributed by atoms with Crippen molar-refractivity contribution in [2.45, 2.75) is 58.8 Å². The van der Waals surface area contributed by atoms with E-state index in [1.807, 2.05) is 11.3 Å². The number of ether oxygens (including phenoxy) is 1. The molecule has 1 aliphatic rings. The molecule has 2 aromatic rings. The van der Waals surface area contributed by atoms with E-state index in [2.05, 4.69) is 50.4 Å². The van der Waals surface area contributed by atoms with Gasteiger partial charge >= 0.3 is 0 Å². The van der Waals surface area contributed by atoms with Crippen molar-refractivity contribution in [1.29, 1.82) is 0 Å². The fraction of sp³-hybridized carbons (Fsp3) is 0.526. The Bertz CT molecular complexity index is 706. The molecule has 1 aromatic heterocycles. The molecular weight excluding hydrogens is 306 g/mol. The van der Waals surface area contributed by atoms with Gasteiger partial charge in [-0.3, -0.25) is 4.79 Å². The summed E-state index contributed by atoms with van der Waals surface area (Å²) in [7, 11) is 0. The van der Waals surface area contributed by atoms with Crippen molar-refractivity contribution >= 4 is 27.3 Å². The second-order valence-electron chi connectivity index (χ2n) is 6.86. The molecule has 1 aliphatic heterocycles. The fourth-order valence-corrected chi connectivity index (χ4v) is 4.72. The van der Waals surface area contributed by atoms with E-state index in [4.69, 9.17) is 4.74 Å². The number of carbonyl (C=O) groups is 1. The third-order valence-corrected chi connectivity index (χ3v) is 6.04. The third-order valence-electron chi connectivity index (χ3n) is 4.68. The first-order valence-electron chi connectivity index (χ1n) is 8.36. The molecule has 0 unspecified atom stereocenters. The highest BCUT2D eigenvalue weighted by Gasteiger charge is 2.34. The van der Waals surface area contributed by atoms with Crippen LogP contribution in [0.4, 0.5) is 0 Å². The predicted molar refractivity (Wildman–Crippen MR) is 95.9 cm³/mol. The van der Waals surface area contributed by atoms with E-state index in [9.17, 15) is 4.79 Å².